The Morgan fingerprint density at radius 2 is 1.45 bits per heavy atom. The first-order valence-corrected chi connectivity index (χ1v) is 14.8. The summed E-state index contributed by atoms with van der Waals surface area (Å²) in [6.07, 6.45) is 1.04. The van der Waals surface area contributed by atoms with Gasteiger partial charge < -0.3 is 19.3 Å². The third kappa shape index (κ3) is 3.10. The first-order valence-electron chi connectivity index (χ1n) is 8.00. The standard InChI is InChI=1S/C16H27NO3Si2/c1-21(2,3)19-14-7-10-11(8-15(14)20-22(4,5)6)16-12(17)9-13(10)18-16/h7-8,12-13,16H,9,17H2,1-6H3/t12-,13+,16+/m1/s1. The van der Waals surface area contributed by atoms with Crippen LogP contribution in [0.2, 0.25) is 39.3 Å². The molecule has 0 spiro atoms. The van der Waals surface area contributed by atoms with Gasteiger partial charge in [0, 0.05) is 6.04 Å². The first-order chi connectivity index (χ1) is 10.0. The minimum Gasteiger partial charge on any atom is -0.542 e. The van der Waals surface area contributed by atoms with Crippen LogP contribution in [0.3, 0.4) is 0 Å². The van der Waals surface area contributed by atoms with Gasteiger partial charge in [-0.2, -0.15) is 0 Å². The van der Waals surface area contributed by atoms with Crippen molar-refractivity contribution in [1.82, 2.24) is 0 Å². The van der Waals surface area contributed by atoms with E-state index in [0.717, 1.165) is 17.9 Å². The summed E-state index contributed by atoms with van der Waals surface area (Å²) in [5, 5.41) is 0. The van der Waals surface area contributed by atoms with Crippen LogP contribution < -0.4 is 14.6 Å². The molecule has 0 aliphatic carbocycles. The Bertz CT molecular complexity index is 592. The number of hydrogen-bond donors (Lipinski definition) is 1. The molecule has 0 amide bonds. The van der Waals surface area contributed by atoms with E-state index in [4.69, 9.17) is 19.3 Å². The molecule has 1 fully saturated rings. The van der Waals surface area contributed by atoms with Crippen LogP contribution in [0.1, 0.15) is 29.8 Å². The molecule has 2 aliphatic rings. The van der Waals surface area contributed by atoms with Crippen molar-refractivity contribution >= 4 is 16.6 Å². The maximum absolute atomic E-state index is 6.29. The molecule has 2 aliphatic heterocycles. The highest BCUT2D eigenvalue weighted by Gasteiger charge is 2.44. The Morgan fingerprint density at radius 3 is 1.95 bits per heavy atom. The molecule has 3 rings (SSSR count). The minimum absolute atomic E-state index is 0.0184. The van der Waals surface area contributed by atoms with Crippen LogP contribution in [-0.2, 0) is 4.74 Å². The third-order valence-electron chi connectivity index (χ3n) is 3.82. The summed E-state index contributed by atoms with van der Waals surface area (Å²) in [6.45, 7) is 13.1. The lowest BCUT2D eigenvalue weighted by Gasteiger charge is -2.28. The van der Waals surface area contributed by atoms with Crippen LogP contribution in [0.25, 0.3) is 0 Å². The second-order valence-electron chi connectivity index (χ2n) is 8.30. The van der Waals surface area contributed by atoms with Gasteiger partial charge in [0.15, 0.2) is 0 Å². The molecule has 0 aromatic heterocycles. The molecule has 122 valence electrons. The fourth-order valence-electron chi connectivity index (χ4n) is 3.14. The van der Waals surface area contributed by atoms with E-state index in [1.54, 1.807) is 0 Å². The number of benzene rings is 1. The van der Waals surface area contributed by atoms with E-state index in [9.17, 15) is 0 Å². The van der Waals surface area contributed by atoms with E-state index in [0.29, 0.717) is 0 Å². The van der Waals surface area contributed by atoms with Crippen molar-refractivity contribution in [2.45, 2.75) is 64.0 Å². The summed E-state index contributed by atoms with van der Waals surface area (Å²) in [6, 6.07) is 4.35. The van der Waals surface area contributed by atoms with Crippen molar-refractivity contribution in [3.63, 3.8) is 0 Å². The largest absolute Gasteiger partial charge is 0.542 e. The number of nitrogens with two attached hydrogens (primary N) is 1. The molecule has 6 heteroatoms. The van der Waals surface area contributed by atoms with E-state index in [2.05, 4.69) is 51.4 Å². The van der Waals surface area contributed by atoms with Gasteiger partial charge in [0.05, 0.1) is 12.2 Å². The smallest absolute Gasteiger partial charge is 0.242 e. The highest BCUT2D eigenvalue weighted by atomic mass is 28.4. The molecule has 2 N–H and O–H groups in total. The van der Waals surface area contributed by atoms with Gasteiger partial charge in [-0.25, -0.2) is 0 Å². The van der Waals surface area contributed by atoms with E-state index < -0.39 is 16.6 Å². The molecule has 3 atom stereocenters. The average Bonchev–Trinajstić information content (AvgIpc) is 2.83. The van der Waals surface area contributed by atoms with Gasteiger partial charge in [-0.1, -0.05) is 0 Å². The maximum atomic E-state index is 6.29. The molecule has 1 saturated heterocycles. The predicted octanol–water partition coefficient (Wildman–Crippen LogP) is 3.96. The predicted molar refractivity (Wildman–Crippen MR) is 93.5 cm³/mol. The lowest BCUT2D eigenvalue weighted by Crippen LogP contribution is -2.33. The molecular formula is C16H27NO3Si2. The highest BCUT2D eigenvalue weighted by molar-refractivity contribution is 6.71. The van der Waals surface area contributed by atoms with Gasteiger partial charge in [-0.05, 0) is 69.0 Å². The number of ether oxygens (including phenoxy) is 1. The van der Waals surface area contributed by atoms with Crippen LogP contribution in [0, 0.1) is 0 Å². The normalized spacial score (nSPS) is 27.0. The quantitative estimate of drug-likeness (QED) is 0.845. The molecule has 0 unspecified atom stereocenters. The summed E-state index contributed by atoms with van der Waals surface area (Å²) in [4.78, 5) is 0. The van der Waals surface area contributed by atoms with Crippen molar-refractivity contribution in [2.75, 3.05) is 0 Å². The Balaban J connectivity index is 2.03. The van der Waals surface area contributed by atoms with E-state index in [1.165, 1.54) is 11.1 Å². The van der Waals surface area contributed by atoms with Gasteiger partial charge >= 0.3 is 0 Å². The molecule has 0 radical (unpaired) electrons. The molecule has 1 aromatic rings. The average molecular weight is 338 g/mol. The summed E-state index contributed by atoms with van der Waals surface area (Å²) in [5.41, 5.74) is 8.60. The summed E-state index contributed by atoms with van der Waals surface area (Å²) in [5.74, 6) is 1.74. The first kappa shape index (κ1) is 16.0. The van der Waals surface area contributed by atoms with Gasteiger partial charge in [0.25, 0.3) is 0 Å². The molecule has 22 heavy (non-hydrogen) atoms. The van der Waals surface area contributed by atoms with Gasteiger partial charge in [-0.15, -0.1) is 0 Å². The van der Waals surface area contributed by atoms with Crippen LogP contribution >= 0.6 is 0 Å². The molecule has 1 aromatic carbocycles. The van der Waals surface area contributed by atoms with Gasteiger partial charge in [0.1, 0.15) is 11.5 Å². The monoisotopic (exact) mass is 337 g/mol. The highest BCUT2D eigenvalue weighted by Crippen LogP contribution is 2.53. The van der Waals surface area contributed by atoms with Crippen molar-refractivity contribution < 1.29 is 13.6 Å². The second kappa shape index (κ2) is 5.09. The molecule has 4 nitrogen and oxygen atoms in total. The SMILES string of the molecule is C[Si](C)(C)Oc1cc2c(cc1O[Si](C)(C)C)[C@@H]1O[C@H]2C[C@H]1N. The van der Waals surface area contributed by atoms with Crippen LogP contribution in [-0.4, -0.2) is 22.7 Å². The minimum atomic E-state index is -1.71. The Hall–Kier alpha value is -0.826. The van der Waals surface area contributed by atoms with Crippen molar-refractivity contribution in [2.24, 2.45) is 5.73 Å². The zero-order valence-corrected chi connectivity index (χ0v) is 16.4. The number of rotatable bonds is 4. The lowest BCUT2D eigenvalue weighted by molar-refractivity contribution is 0.0679. The Labute approximate surface area is 135 Å². The molecule has 2 heterocycles. The fraction of sp³-hybridized carbons (Fsp3) is 0.625. The van der Waals surface area contributed by atoms with Crippen LogP contribution in [0.4, 0.5) is 0 Å². The fourth-order valence-corrected chi connectivity index (χ4v) is 4.78. The van der Waals surface area contributed by atoms with Crippen molar-refractivity contribution in [3.8, 4) is 11.5 Å². The Morgan fingerprint density at radius 1 is 0.955 bits per heavy atom. The zero-order valence-electron chi connectivity index (χ0n) is 14.4. The van der Waals surface area contributed by atoms with Gasteiger partial charge in [0.2, 0.25) is 16.6 Å². The number of hydrogen-bond acceptors (Lipinski definition) is 4. The van der Waals surface area contributed by atoms with E-state index in [1.807, 2.05) is 0 Å². The van der Waals surface area contributed by atoms with E-state index in [-0.39, 0.29) is 18.2 Å². The molecular weight excluding hydrogens is 310 g/mol. The van der Waals surface area contributed by atoms with Crippen LogP contribution in [0.15, 0.2) is 12.1 Å². The lowest BCUT2D eigenvalue weighted by atomic mass is 9.88. The molecule has 2 bridgehead atoms. The van der Waals surface area contributed by atoms with Gasteiger partial charge in [-0.3, -0.25) is 0 Å². The topological polar surface area (TPSA) is 53.7 Å². The summed E-state index contributed by atoms with van der Waals surface area (Å²) < 4.78 is 18.6. The molecule has 0 saturated carbocycles. The summed E-state index contributed by atoms with van der Waals surface area (Å²) in [7, 11) is -3.41. The van der Waals surface area contributed by atoms with Crippen molar-refractivity contribution in [3.05, 3.63) is 23.3 Å². The third-order valence-corrected chi connectivity index (χ3v) is 5.49. The van der Waals surface area contributed by atoms with Crippen molar-refractivity contribution in [1.29, 1.82) is 0 Å². The van der Waals surface area contributed by atoms with Crippen LogP contribution in [0.5, 0.6) is 11.5 Å². The Kier molecular flexibility index (Phi) is 3.71. The summed E-state index contributed by atoms with van der Waals surface area (Å²) >= 11 is 0. The van der Waals surface area contributed by atoms with E-state index >= 15 is 0 Å². The maximum Gasteiger partial charge on any atom is 0.242 e. The zero-order chi connectivity index (χ0) is 16.3. The number of fused-ring (bicyclic) bond motifs is 5. The second-order valence-corrected chi connectivity index (χ2v) is 17.2.